The Balaban J connectivity index is 2.07. The van der Waals surface area contributed by atoms with Crippen molar-refractivity contribution >= 4 is 28.8 Å². The second-order valence-corrected chi connectivity index (χ2v) is 6.18. The summed E-state index contributed by atoms with van der Waals surface area (Å²) in [5.74, 6) is -0.227. The Kier molecular flexibility index (Phi) is 5.39. The van der Waals surface area contributed by atoms with Gasteiger partial charge in [0.2, 0.25) is 0 Å². The van der Waals surface area contributed by atoms with E-state index < -0.39 is 0 Å². The number of amides is 1. The molecule has 1 amide bonds. The molecule has 0 radical (unpaired) electrons. The van der Waals surface area contributed by atoms with Crippen LogP contribution in [-0.2, 0) is 11.3 Å². The molecule has 1 atom stereocenters. The van der Waals surface area contributed by atoms with Crippen molar-refractivity contribution in [1.29, 1.82) is 0 Å². The lowest BCUT2D eigenvalue weighted by atomic mass is 10.2. The van der Waals surface area contributed by atoms with Crippen molar-refractivity contribution in [3.05, 3.63) is 44.9 Å². The number of thiazole rings is 1. The molecule has 2 aromatic rings. The van der Waals surface area contributed by atoms with Gasteiger partial charge in [-0.1, -0.05) is 11.6 Å². The summed E-state index contributed by atoms with van der Waals surface area (Å²) in [6.45, 7) is 2.32. The minimum Gasteiger partial charge on any atom is -0.506 e. The molecule has 118 valence electrons. The summed E-state index contributed by atoms with van der Waals surface area (Å²) in [5, 5.41) is 12.4. The Morgan fingerprint density at radius 3 is 2.91 bits per heavy atom. The van der Waals surface area contributed by atoms with Gasteiger partial charge in [-0.15, -0.1) is 11.3 Å². The van der Waals surface area contributed by atoms with E-state index in [1.807, 2.05) is 12.3 Å². The van der Waals surface area contributed by atoms with Gasteiger partial charge in [-0.3, -0.25) is 4.79 Å². The third-order valence-corrected chi connectivity index (χ3v) is 4.57. The first-order valence-corrected chi connectivity index (χ1v) is 7.89. The molecule has 1 N–H and O–H groups in total. The molecule has 0 aliphatic heterocycles. The number of methoxy groups -OCH3 is 1. The topological polar surface area (TPSA) is 62.7 Å². The van der Waals surface area contributed by atoms with E-state index in [2.05, 4.69) is 4.98 Å². The number of nitrogens with zero attached hydrogens (tertiary/aromatic N) is 2. The normalized spacial score (nSPS) is 12.2. The van der Waals surface area contributed by atoms with Crippen LogP contribution in [0.15, 0.2) is 23.6 Å². The van der Waals surface area contributed by atoms with E-state index >= 15 is 0 Å². The third kappa shape index (κ3) is 3.76. The summed E-state index contributed by atoms with van der Waals surface area (Å²) >= 11 is 7.34. The van der Waals surface area contributed by atoms with Crippen LogP contribution in [0.3, 0.4) is 0 Å². The van der Waals surface area contributed by atoms with Gasteiger partial charge in [0, 0.05) is 25.1 Å². The zero-order valence-electron chi connectivity index (χ0n) is 12.5. The number of carbonyl (C=O) groups excluding carboxylic acids is 1. The van der Waals surface area contributed by atoms with Crippen molar-refractivity contribution in [3.8, 4) is 5.75 Å². The summed E-state index contributed by atoms with van der Waals surface area (Å²) in [5.41, 5.74) is 1.23. The summed E-state index contributed by atoms with van der Waals surface area (Å²) < 4.78 is 5.22. The Hall–Kier alpha value is -1.63. The van der Waals surface area contributed by atoms with E-state index in [-0.39, 0.29) is 22.8 Å². The van der Waals surface area contributed by atoms with Gasteiger partial charge in [0.15, 0.2) is 0 Å². The van der Waals surface area contributed by atoms with Gasteiger partial charge in [-0.2, -0.15) is 0 Å². The molecule has 2 rings (SSSR count). The van der Waals surface area contributed by atoms with E-state index in [0.29, 0.717) is 12.1 Å². The lowest BCUT2D eigenvalue weighted by Gasteiger charge is -2.16. The Morgan fingerprint density at radius 2 is 2.27 bits per heavy atom. The van der Waals surface area contributed by atoms with Crippen LogP contribution >= 0.6 is 22.9 Å². The molecule has 1 heterocycles. The zero-order chi connectivity index (χ0) is 16.3. The van der Waals surface area contributed by atoms with Gasteiger partial charge in [0.05, 0.1) is 17.3 Å². The first-order valence-electron chi connectivity index (χ1n) is 6.63. The SMILES string of the molecule is COC(C)c1nc(CN(C)C(=O)c2ccc(O)c(Cl)c2)cs1. The lowest BCUT2D eigenvalue weighted by Crippen LogP contribution is -2.26. The minimum atomic E-state index is -0.184. The third-order valence-electron chi connectivity index (χ3n) is 3.21. The average Bonchev–Trinajstić information content (AvgIpc) is 2.96. The maximum Gasteiger partial charge on any atom is 0.254 e. The Bertz CT molecular complexity index is 675. The van der Waals surface area contributed by atoms with Crippen LogP contribution in [0.25, 0.3) is 0 Å². The first-order chi connectivity index (χ1) is 10.4. The zero-order valence-corrected chi connectivity index (χ0v) is 14.1. The summed E-state index contributed by atoms with van der Waals surface area (Å²) in [4.78, 5) is 18.4. The number of phenols is 1. The highest BCUT2D eigenvalue weighted by Crippen LogP contribution is 2.25. The van der Waals surface area contributed by atoms with Gasteiger partial charge < -0.3 is 14.7 Å². The molecule has 0 bridgehead atoms. The predicted molar refractivity (Wildman–Crippen MR) is 86.5 cm³/mol. The van der Waals surface area contributed by atoms with Crippen LogP contribution in [0, 0.1) is 0 Å². The molecule has 0 saturated heterocycles. The van der Waals surface area contributed by atoms with Gasteiger partial charge in [0.25, 0.3) is 5.91 Å². The quantitative estimate of drug-likeness (QED) is 0.905. The number of ether oxygens (including phenoxy) is 1. The fourth-order valence-corrected chi connectivity index (χ4v) is 2.88. The van der Waals surface area contributed by atoms with E-state index in [4.69, 9.17) is 16.3 Å². The number of aromatic nitrogens is 1. The molecule has 5 nitrogen and oxygen atoms in total. The maximum absolute atomic E-state index is 12.3. The van der Waals surface area contributed by atoms with Gasteiger partial charge in [0.1, 0.15) is 16.9 Å². The van der Waals surface area contributed by atoms with Crippen LogP contribution in [0.2, 0.25) is 5.02 Å². The van der Waals surface area contributed by atoms with Crippen LogP contribution in [0.5, 0.6) is 5.75 Å². The Morgan fingerprint density at radius 1 is 1.55 bits per heavy atom. The van der Waals surface area contributed by atoms with E-state index in [1.54, 1.807) is 25.1 Å². The fraction of sp³-hybridized carbons (Fsp3) is 0.333. The molecule has 1 aromatic heterocycles. The van der Waals surface area contributed by atoms with Crippen molar-refractivity contribution in [2.45, 2.75) is 19.6 Å². The van der Waals surface area contributed by atoms with Crippen molar-refractivity contribution in [3.63, 3.8) is 0 Å². The molecule has 0 aliphatic carbocycles. The summed E-state index contributed by atoms with van der Waals surface area (Å²) in [6.07, 6.45) is -0.0596. The highest BCUT2D eigenvalue weighted by atomic mass is 35.5. The maximum atomic E-state index is 12.3. The van der Waals surface area contributed by atoms with Crippen LogP contribution in [0.1, 0.15) is 34.1 Å². The number of rotatable bonds is 5. The van der Waals surface area contributed by atoms with Crippen molar-refractivity contribution in [2.24, 2.45) is 0 Å². The molecule has 0 spiro atoms. The first kappa shape index (κ1) is 16.7. The summed E-state index contributed by atoms with van der Waals surface area (Å²) in [7, 11) is 3.33. The smallest absolute Gasteiger partial charge is 0.254 e. The summed E-state index contributed by atoms with van der Waals surface area (Å²) in [6, 6.07) is 4.40. The monoisotopic (exact) mass is 340 g/mol. The molecule has 1 unspecified atom stereocenters. The molecular formula is C15H17ClN2O3S. The number of hydrogen-bond acceptors (Lipinski definition) is 5. The average molecular weight is 341 g/mol. The molecule has 0 saturated carbocycles. The van der Waals surface area contributed by atoms with E-state index in [0.717, 1.165) is 10.7 Å². The van der Waals surface area contributed by atoms with E-state index in [1.165, 1.54) is 23.5 Å². The standard InChI is InChI=1S/C15H17ClN2O3S/c1-9(21-3)14-17-11(8-22-14)7-18(2)15(20)10-4-5-13(19)12(16)6-10/h4-6,8-9,19H,7H2,1-3H3. The number of carbonyl (C=O) groups is 1. The number of aromatic hydroxyl groups is 1. The molecule has 1 aromatic carbocycles. The number of hydrogen-bond donors (Lipinski definition) is 1. The highest BCUT2D eigenvalue weighted by molar-refractivity contribution is 7.09. The number of phenolic OH excluding ortho intramolecular Hbond substituents is 1. The molecular weight excluding hydrogens is 324 g/mol. The molecule has 7 heteroatoms. The lowest BCUT2D eigenvalue weighted by molar-refractivity contribution is 0.0783. The van der Waals surface area contributed by atoms with Crippen molar-refractivity contribution in [2.75, 3.05) is 14.2 Å². The molecule has 22 heavy (non-hydrogen) atoms. The number of halogens is 1. The minimum absolute atomic E-state index is 0.0430. The van der Waals surface area contributed by atoms with Gasteiger partial charge in [-0.05, 0) is 25.1 Å². The Labute approximate surface area is 138 Å². The highest BCUT2D eigenvalue weighted by Gasteiger charge is 2.16. The second-order valence-electron chi connectivity index (χ2n) is 4.88. The second kappa shape index (κ2) is 7.09. The predicted octanol–water partition coefficient (Wildman–Crippen LogP) is 3.48. The molecule has 0 fully saturated rings. The van der Waals surface area contributed by atoms with Gasteiger partial charge >= 0.3 is 0 Å². The van der Waals surface area contributed by atoms with Crippen LogP contribution in [-0.4, -0.2) is 35.1 Å². The van der Waals surface area contributed by atoms with Crippen molar-refractivity contribution in [1.82, 2.24) is 9.88 Å². The largest absolute Gasteiger partial charge is 0.506 e. The van der Waals surface area contributed by atoms with Crippen LogP contribution in [0.4, 0.5) is 0 Å². The molecule has 0 aliphatic rings. The van der Waals surface area contributed by atoms with E-state index in [9.17, 15) is 9.90 Å². The fourth-order valence-electron chi connectivity index (χ4n) is 1.86. The van der Waals surface area contributed by atoms with Gasteiger partial charge in [-0.25, -0.2) is 4.98 Å². The van der Waals surface area contributed by atoms with Crippen LogP contribution < -0.4 is 0 Å². The number of benzene rings is 1. The van der Waals surface area contributed by atoms with Crippen molar-refractivity contribution < 1.29 is 14.6 Å².